The van der Waals surface area contributed by atoms with Gasteiger partial charge in [0.15, 0.2) is 0 Å². The minimum Gasteiger partial charge on any atom is -0.386 e. The van der Waals surface area contributed by atoms with Crippen molar-refractivity contribution >= 4 is 17.7 Å². The molecule has 122 valence electrons. The van der Waals surface area contributed by atoms with Crippen LogP contribution in [0.25, 0.3) is 0 Å². The Balaban J connectivity index is 2.00. The molecule has 2 atom stereocenters. The Morgan fingerprint density at radius 2 is 1.74 bits per heavy atom. The first kappa shape index (κ1) is 17.6. The molecule has 0 saturated carbocycles. The highest BCUT2D eigenvalue weighted by atomic mass is 32.2. The predicted molar refractivity (Wildman–Crippen MR) is 95.6 cm³/mol. The van der Waals surface area contributed by atoms with Gasteiger partial charge >= 0.3 is 0 Å². The fourth-order valence-corrected chi connectivity index (χ4v) is 2.82. The van der Waals surface area contributed by atoms with E-state index in [2.05, 4.69) is 0 Å². The number of likely N-dealkylation sites (N-methyl/N-ethyl adjacent to an activating group) is 1. The Morgan fingerprint density at radius 3 is 2.30 bits per heavy atom. The van der Waals surface area contributed by atoms with Crippen LogP contribution in [0.3, 0.4) is 0 Å². The number of hydrogen-bond donors (Lipinski definition) is 1. The molecule has 0 spiro atoms. The highest BCUT2D eigenvalue weighted by Gasteiger charge is 2.23. The van der Waals surface area contributed by atoms with Gasteiger partial charge in [-0.05, 0) is 36.4 Å². The fourth-order valence-electron chi connectivity index (χ4n) is 2.41. The third-order valence-corrected chi connectivity index (χ3v) is 4.86. The molecule has 2 aromatic rings. The first-order valence-electron chi connectivity index (χ1n) is 7.64. The molecule has 2 unspecified atom stereocenters. The van der Waals surface area contributed by atoms with E-state index in [9.17, 15) is 9.90 Å². The molecule has 0 aliphatic rings. The van der Waals surface area contributed by atoms with Gasteiger partial charge in [-0.15, -0.1) is 11.8 Å². The zero-order chi connectivity index (χ0) is 16.8. The van der Waals surface area contributed by atoms with E-state index in [1.165, 1.54) is 4.90 Å². The van der Waals surface area contributed by atoms with Gasteiger partial charge in [0.2, 0.25) is 5.91 Å². The third kappa shape index (κ3) is 4.60. The van der Waals surface area contributed by atoms with Crippen LogP contribution in [0.2, 0.25) is 0 Å². The Bertz CT molecular complexity index is 628. The molecule has 2 aromatic carbocycles. The van der Waals surface area contributed by atoms with Crippen LogP contribution < -0.4 is 0 Å². The van der Waals surface area contributed by atoms with Gasteiger partial charge in [0, 0.05) is 11.9 Å². The maximum Gasteiger partial charge on any atom is 0.227 e. The lowest BCUT2D eigenvalue weighted by atomic mass is 10.0. The summed E-state index contributed by atoms with van der Waals surface area (Å²) in [5.41, 5.74) is 1.81. The number of rotatable bonds is 6. The summed E-state index contributed by atoms with van der Waals surface area (Å²) in [5, 5.41) is 10.4. The first-order valence-corrected chi connectivity index (χ1v) is 8.87. The molecule has 0 aliphatic carbocycles. The van der Waals surface area contributed by atoms with E-state index in [4.69, 9.17) is 0 Å². The van der Waals surface area contributed by atoms with Crippen LogP contribution in [-0.2, 0) is 11.2 Å². The minimum absolute atomic E-state index is 0.00406. The van der Waals surface area contributed by atoms with Crippen LogP contribution in [0.5, 0.6) is 0 Å². The number of hydrogen-bond acceptors (Lipinski definition) is 3. The first-order chi connectivity index (χ1) is 11.0. The van der Waals surface area contributed by atoms with Crippen molar-refractivity contribution in [1.82, 2.24) is 4.90 Å². The van der Waals surface area contributed by atoms with Crippen LogP contribution in [-0.4, -0.2) is 35.3 Å². The number of aliphatic hydroxyl groups is 1. The van der Waals surface area contributed by atoms with E-state index < -0.39 is 6.10 Å². The monoisotopic (exact) mass is 329 g/mol. The minimum atomic E-state index is -0.691. The molecule has 0 heterocycles. The second kappa shape index (κ2) is 8.18. The predicted octanol–water partition coefficient (Wildman–Crippen LogP) is 3.53. The number of carbonyl (C=O) groups excluding carboxylic acids is 1. The molecule has 1 N–H and O–H groups in total. The lowest BCUT2D eigenvalue weighted by Crippen LogP contribution is -2.39. The molecule has 2 rings (SSSR count). The lowest BCUT2D eigenvalue weighted by Gasteiger charge is -2.29. The van der Waals surface area contributed by atoms with Gasteiger partial charge in [-0.25, -0.2) is 0 Å². The van der Waals surface area contributed by atoms with Crippen molar-refractivity contribution in [3.8, 4) is 0 Å². The second-order valence-corrected chi connectivity index (χ2v) is 6.51. The quantitative estimate of drug-likeness (QED) is 0.824. The van der Waals surface area contributed by atoms with Gasteiger partial charge in [-0.1, -0.05) is 42.5 Å². The van der Waals surface area contributed by atoms with Crippen LogP contribution >= 0.6 is 11.8 Å². The Hall–Kier alpha value is -1.78. The van der Waals surface area contributed by atoms with Crippen molar-refractivity contribution in [2.75, 3.05) is 13.3 Å². The molecule has 0 radical (unpaired) electrons. The zero-order valence-electron chi connectivity index (χ0n) is 13.8. The molecule has 0 fully saturated rings. The van der Waals surface area contributed by atoms with E-state index >= 15 is 0 Å². The smallest absolute Gasteiger partial charge is 0.227 e. The third-order valence-electron chi connectivity index (χ3n) is 4.12. The highest BCUT2D eigenvalue weighted by Crippen LogP contribution is 2.21. The molecule has 0 saturated heterocycles. The summed E-state index contributed by atoms with van der Waals surface area (Å²) in [6, 6.07) is 17.2. The van der Waals surface area contributed by atoms with Crippen molar-refractivity contribution in [3.05, 3.63) is 65.7 Å². The van der Waals surface area contributed by atoms with Crippen LogP contribution in [0.15, 0.2) is 59.5 Å². The van der Waals surface area contributed by atoms with Crippen molar-refractivity contribution in [2.24, 2.45) is 0 Å². The summed E-state index contributed by atoms with van der Waals surface area (Å²) in [6.45, 7) is 1.87. The summed E-state index contributed by atoms with van der Waals surface area (Å²) >= 11 is 1.68. The van der Waals surface area contributed by atoms with E-state index in [0.717, 1.165) is 11.1 Å². The lowest BCUT2D eigenvalue weighted by molar-refractivity contribution is -0.133. The summed E-state index contributed by atoms with van der Waals surface area (Å²) in [7, 11) is 1.75. The number of nitrogens with zero attached hydrogens (tertiary/aromatic N) is 1. The molecule has 0 aromatic heterocycles. The molecule has 3 nitrogen and oxygen atoms in total. The van der Waals surface area contributed by atoms with Crippen molar-refractivity contribution in [1.29, 1.82) is 0 Å². The molecule has 1 amide bonds. The topological polar surface area (TPSA) is 40.5 Å². The van der Waals surface area contributed by atoms with E-state index in [0.29, 0.717) is 6.42 Å². The van der Waals surface area contributed by atoms with Gasteiger partial charge in [0.05, 0.1) is 18.6 Å². The maximum absolute atomic E-state index is 12.5. The summed E-state index contributed by atoms with van der Waals surface area (Å²) in [4.78, 5) is 15.3. The van der Waals surface area contributed by atoms with E-state index in [-0.39, 0.29) is 11.9 Å². The average Bonchev–Trinajstić information content (AvgIpc) is 2.61. The molecule has 23 heavy (non-hydrogen) atoms. The van der Waals surface area contributed by atoms with E-state index in [1.807, 2.05) is 67.8 Å². The van der Waals surface area contributed by atoms with Gasteiger partial charge in [0.1, 0.15) is 0 Å². The van der Waals surface area contributed by atoms with Gasteiger partial charge in [0.25, 0.3) is 0 Å². The van der Waals surface area contributed by atoms with E-state index in [1.54, 1.807) is 23.7 Å². The fraction of sp³-hybridized carbons (Fsp3) is 0.316. The van der Waals surface area contributed by atoms with Crippen LogP contribution in [0.4, 0.5) is 0 Å². The van der Waals surface area contributed by atoms with Crippen molar-refractivity contribution < 1.29 is 9.90 Å². The molecule has 4 heteroatoms. The number of aliphatic hydroxyl groups excluding tert-OH is 1. The number of thioether (sulfide) groups is 1. The molecular formula is C19H23NO2S. The molecular weight excluding hydrogens is 306 g/mol. The number of amides is 1. The number of carbonyl (C=O) groups is 1. The SMILES string of the molecule is CSc1ccc(CC(=O)N(C)C(C)C(O)c2ccccc2)cc1. The Kier molecular flexibility index (Phi) is 6.25. The summed E-state index contributed by atoms with van der Waals surface area (Å²) in [5.74, 6) is 0.00406. The van der Waals surface area contributed by atoms with Gasteiger partial charge in [-0.2, -0.15) is 0 Å². The van der Waals surface area contributed by atoms with Crippen LogP contribution in [0.1, 0.15) is 24.2 Å². The largest absolute Gasteiger partial charge is 0.386 e. The average molecular weight is 329 g/mol. The molecule has 0 aliphatic heterocycles. The van der Waals surface area contributed by atoms with Crippen molar-refractivity contribution in [3.63, 3.8) is 0 Å². The number of benzene rings is 2. The van der Waals surface area contributed by atoms with Crippen molar-refractivity contribution in [2.45, 2.75) is 30.4 Å². The zero-order valence-corrected chi connectivity index (χ0v) is 14.6. The second-order valence-electron chi connectivity index (χ2n) is 5.63. The van der Waals surface area contributed by atoms with Gasteiger partial charge in [-0.3, -0.25) is 4.79 Å². The Labute approximate surface area is 142 Å². The van der Waals surface area contributed by atoms with Gasteiger partial charge < -0.3 is 10.0 Å². The highest BCUT2D eigenvalue weighted by molar-refractivity contribution is 7.98. The van der Waals surface area contributed by atoms with Crippen LogP contribution in [0, 0.1) is 0 Å². The standard InChI is InChI=1S/C19H23NO2S/c1-14(19(22)16-7-5-4-6-8-16)20(2)18(21)13-15-9-11-17(23-3)12-10-15/h4-12,14,19,22H,13H2,1-3H3. The maximum atomic E-state index is 12.5. The Morgan fingerprint density at radius 1 is 1.13 bits per heavy atom. The summed E-state index contributed by atoms with van der Waals surface area (Å²) in [6.07, 6.45) is 1.68. The summed E-state index contributed by atoms with van der Waals surface area (Å²) < 4.78 is 0. The molecule has 0 bridgehead atoms. The normalized spacial score (nSPS) is 13.4.